The molecule has 5 heteroatoms. The third-order valence-electron chi connectivity index (χ3n) is 3.56. The molecule has 0 bridgehead atoms. The Bertz CT molecular complexity index is 742. The summed E-state index contributed by atoms with van der Waals surface area (Å²) in [4.78, 5) is 13.1. The van der Waals surface area contributed by atoms with E-state index in [1.807, 2.05) is 30.3 Å². The van der Waals surface area contributed by atoms with E-state index < -0.39 is 0 Å². The van der Waals surface area contributed by atoms with Gasteiger partial charge in [0.05, 0.1) is 11.5 Å². The van der Waals surface area contributed by atoms with Gasteiger partial charge in [-0.05, 0) is 42.8 Å². The lowest BCUT2D eigenvalue weighted by Crippen LogP contribution is -1.97. The van der Waals surface area contributed by atoms with Gasteiger partial charge in [-0.15, -0.1) is 11.3 Å². The smallest absolute Gasteiger partial charge is 0.197 e. The fraction of sp³-hybridized carbons (Fsp3) is 0.300. The van der Waals surface area contributed by atoms with Crippen molar-refractivity contribution in [2.24, 2.45) is 0 Å². The molecule has 0 saturated carbocycles. The van der Waals surface area contributed by atoms with E-state index in [4.69, 9.17) is 10.00 Å². The minimum atomic E-state index is -0.119. The number of hydrogen-bond donors (Lipinski definition) is 1. The van der Waals surface area contributed by atoms with Crippen LogP contribution in [0.3, 0.4) is 0 Å². The van der Waals surface area contributed by atoms with Gasteiger partial charge in [0.1, 0.15) is 16.7 Å². The molecule has 130 valence electrons. The summed E-state index contributed by atoms with van der Waals surface area (Å²) in [6.07, 6.45) is 7.83. The summed E-state index contributed by atoms with van der Waals surface area (Å²) in [7, 11) is 0. The van der Waals surface area contributed by atoms with E-state index in [1.54, 1.807) is 18.3 Å². The van der Waals surface area contributed by atoms with E-state index in [2.05, 4.69) is 12.2 Å². The molecule has 0 amide bonds. The zero-order valence-electron chi connectivity index (χ0n) is 14.3. The van der Waals surface area contributed by atoms with E-state index in [-0.39, 0.29) is 5.78 Å². The van der Waals surface area contributed by atoms with Crippen molar-refractivity contribution in [2.75, 3.05) is 11.9 Å². The van der Waals surface area contributed by atoms with Crippen LogP contribution in [-0.2, 0) is 0 Å². The Hall–Kier alpha value is -2.58. The van der Waals surface area contributed by atoms with Gasteiger partial charge in [0, 0.05) is 18.0 Å². The van der Waals surface area contributed by atoms with Crippen molar-refractivity contribution in [3.05, 3.63) is 58.4 Å². The van der Waals surface area contributed by atoms with Crippen molar-refractivity contribution in [2.45, 2.75) is 32.6 Å². The van der Waals surface area contributed by atoms with Crippen LogP contribution in [0.1, 0.15) is 47.2 Å². The van der Waals surface area contributed by atoms with Crippen molar-refractivity contribution in [3.63, 3.8) is 0 Å². The molecule has 0 saturated heterocycles. The number of allylic oxidation sites excluding steroid dienone is 1. The first-order valence-corrected chi connectivity index (χ1v) is 9.25. The van der Waals surface area contributed by atoms with Crippen LogP contribution in [-0.4, -0.2) is 12.4 Å². The highest BCUT2D eigenvalue weighted by Gasteiger charge is 2.05. The summed E-state index contributed by atoms with van der Waals surface area (Å²) in [5.41, 5.74) is 0.881. The van der Waals surface area contributed by atoms with Gasteiger partial charge < -0.3 is 10.1 Å². The number of unbranched alkanes of at least 4 members (excludes halogenated alkanes) is 3. The average molecular weight is 354 g/mol. The minimum absolute atomic E-state index is 0.119. The molecule has 1 aromatic carbocycles. The van der Waals surface area contributed by atoms with Crippen LogP contribution < -0.4 is 10.1 Å². The van der Waals surface area contributed by atoms with Gasteiger partial charge in [-0.2, -0.15) is 5.26 Å². The number of ketones is 1. The third kappa shape index (κ3) is 6.44. The first kappa shape index (κ1) is 18.8. The summed E-state index contributed by atoms with van der Waals surface area (Å²) in [5.74, 6) is 0.732. The van der Waals surface area contributed by atoms with E-state index in [9.17, 15) is 4.79 Å². The number of nitriles is 1. The average Bonchev–Trinajstić information content (AvgIpc) is 3.12. The van der Waals surface area contributed by atoms with E-state index >= 15 is 0 Å². The standard InChI is InChI=1S/C20H22N2O2S/c1-2-3-4-5-14-24-17-8-6-16(7-9-17)22-13-12-19(23)20-11-10-18(15-21)25-20/h6-13,22H,2-5,14H2,1H3/b13-12-. The highest BCUT2D eigenvalue weighted by Crippen LogP contribution is 2.18. The molecule has 0 atom stereocenters. The highest BCUT2D eigenvalue weighted by atomic mass is 32.1. The maximum Gasteiger partial charge on any atom is 0.197 e. The fourth-order valence-electron chi connectivity index (χ4n) is 2.19. The Labute approximate surface area is 152 Å². The predicted octanol–water partition coefficient (Wildman–Crippen LogP) is 5.39. The van der Waals surface area contributed by atoms with Gasteiger partial charge in [-0.1, -0.05) is 26.2 Å². The van der Waals surface area contributed by atoms with Gasteiger partial charge in [0.15, 0.2) is 5.78 Å². The number of nitrogens with one attached hydrogen (secondary N) is 1. The number of benzene rings is 1. The molecule has 4 nitrogen and oxygen atoms in total. The number of ether oxygens (including phenoxy) is 1. The van der Waals surface area contributed by atoms with Crippen LogP contribution >= 0.6 is 11.3 Å². The molecule has 0 fully saturated rings. The van der Waals surface area contributed by atoms with Gasteiger partial charge in [-0.3, -0.25) is 4.79 Å². The summed E-state index contributed by atoms with van der Waals surface area (Å²) in [6.45, 7) is 2.94. The van der Waals surface area contributed by atoms with Crippen LogP contribution in [0.25, 0.3) is 0 Å². The quantitative estimate of drug-likeness (QED) is 0.353. The zero-order chi connectivity index (χ0) is 17.9. The number of carbonyl (C=O) groups is 1. The lowest BCUT2D eigenvalue weighted by molar-refractivity contribution is 0.105. The maximum absolute atomic E-state index is 12.0. The van der Waals surface area contributed by atoms with Crippen molar-refractivity contribution in [1.29, 1.82) is 5.26 Å². The molecule has 0 radical (unpaired) electrons. The summed E-state index contributed by atoms with van der Waals surface area (Å²) < 4.78 is 5.70. The molecule has 1 heterocycles. The SMILES string of the molecule is CCCCCCOc1ccc(N/C=C\C(=O)c2ccc(C#N)s2)cc1. The molecule has 1 N–H and O–H groups in total. The molecular formula is C20H22N2O2S. The molecule has 2 aromatic rings. The predicted molar refractivity (Wildman–Crippen MR) is 102 cm³/mol. The maximum atomic E-state index is 12.0. The number of hydrogen-bond acceptors (Lipinski definition) is 5. The normalized spacial score (nSPS) is 10.6. The summed E-state index contributed by atoms with van der Waals surface area (Å²) >= 11 is 1.20. The number of thiophene rings is 1. The topological polar surface area (TPSA) is 62.1 Å². The molecule has 2 rings (SSSR count). The first-order valence-electron chi connectivity index (χ1n) is 8.43. The molecule has 0 spiro atoms. The first-order chi connectivity index (χ1) is 12.2. The van der Waals surface area contributed by atoms with E-state index in [0.29, 0.717) is 9.75 Å². The van der Waals surface area contributed by atoms with Crippen LogP contribution in [0, 0.1) is 11.3 Å². The lowest BCUT2D eigenvalue weighted by Gasteiger charge is -2.07. The molecule has 0 unspecified atom stereocenters. The Morgan fingerprint density at radius 2 is 2.00 bits per heavy atom. The Balaban J connectivity index is 1.77. The van der Waals surface area contributed by atoms with Crippen LogP contribution in [0.5, 0.6) is 5.75 Å². The van der Waals surface area contributed by atoms with Gasteiger partial charge in [0.2, 0.25) is 0 Å². The van der Waals surface area contributed by atoms with Crippen LogP contribution in [0.2, 0.25) is 0 Å². The Morgan fingerprint density at radius 1 is 1.20 bits per heavy atom. The number of rotatable bonds is 10. The summed E-state index contributed by atoms with van der Waals surface area (Å²) in [6, 6.07) is 13.0. The van der Waals surface area contributed by atoms with Crippen molar-refractivity contribution >= 4 is 22.8 Å². The van der Waals surface area contributed by atoms with Crippen LogP contribution in [0.4, 0.5) is 5.69 Å². The summed E-state index contributed by atoms with van der Waals surface area (Å²) in [5, 5.41) is 11.8. The van der Waals surface area contributed by atoms with Crippen molar-refractivity contribution < 1.29 is 9.53 Å². The largest absolute Gasteiger partial charge is 0.494 e. The second kappa shape index (κ2) is 10.3. The van der Waals surface area contributed by atoms with E-state index in [0.717, 1.165) is 24.5 Å². The number of nitrogens with zero attached hydrogens (tertiary/aromatic N) is 1. The monoisotopic (exact) mass is 354 g/mol. The van der Waals surface area contributed by atoms with Crippen molar-refractivity contribution in [1.82, 2.24) is 0 Å². The van der Waals surface area contributed by atoms with Gasteiger partial charge in [-0.25, -0.2) is 0 Å². The van der Waals surface area contributed by atoms with Crippen molar-refractivity contribution in [3.8, 4) is 11.8 Å². The lowest BCUT2D eigenvalue weighted by atomic mass is 10.2. The molecule has 0 aliphatic rings. The Morgan fingerprint density at radius 3 is 2.68 bits per heavy atom. The molecule has 0 aliphatic heterocycles. The number of carbonyl (C=O) groups excluding carboxylic acids is 1. The Kier molecular flexibility index (Phi) is 7.74. The molecule has 0 aliphatic carbocycles. The molecular weight excluding hydrogens is 332 g/mol. The van der Waals surface area contributed by atoms with Crippen LogP contribution in [0.15, 0.2) is 48.7 Å². The second-order valence-electron chi connectivity index (χ2n) is 5.55. The second-order valence-corrected chi connectivity index (χ2v) is 6.63. The fourth-order valence-corrected chi connectivity index (χ4v) is 2.92. The third-order valence-corrected chi connectivity index (χ3v) is 4.57. The zero-order valence-corrected chi connectivity index (χ0v) is 15.1. The number of anilines is 1. The highest BCUT2D eigenvalue weighted by molar-refractivity contribution is 7.14. The van der Waals surface area contributed by atoms with E-state index in [1.165, 1.54) is 36.7 Å². The molecule has 25 heavy (non-hydrogen) atoms. The molecule has 1 aromatic heterocycles. The van der Waals surface area contributed by atoms with Gasteiger partial charge in [0.25, 0.3) is 0 Å². The minimum Gasteiger partial charge on any atom is -0.494 e. The van der Waals surface area contributed by atoms with Gasteiger partial charge >= 0.3 is 0 Å².